The molecule has 1 amide bonds. The fraction of sp³-hybridized carbons (Fsp3) is 0.867. The van der Waals surface area contributed by atoms with Gasteiger partial charge in [-0.25, -0.2) is 0 Å². The molecule has 1 rings (SSSR count). The summed E-state index contributed by atoms with van der Waals surface area (Å²) in [5, 5.41) is 2.97. The molecule has 116 valence electrons. The summed E-state index contributed by atoms with van der Waals surface area (Å²) in [5.41, 5.74) is 5.49. The largest absolute Gasteiger partial charge is 0.346 e. The van der Waals surface area contributed by atoms with Crippen molar-refractivity contribution in [1.29, 1.82) is 0 Å². The van der Waals surface area contributed by atoms with Crippen LogP contribution in [0, 0.1) is 5.92 Å². The van der Waals surface area contributed by atoms with E-state index in [-0.39, 0.29) is 23.7 Å². The molecule has 0 bridgehead atoms. The lowest BCUT2D eigenvalue weighted by molar-refractivity contribution is -0.130. The first-order chi connectivity index (χ1) is 9.54. The van der Waals surface area contributed by atoms with Crippen LogP contribution >= 0.6 is 0 Å². The predicted octanol–water partition coefficient (Wildman–Crippen LogP) is 0.921. The zero-order chi connectivity index (χ0) is 15.0. The highest BCUT2D eigenvalue weighted by molar-refractivity contribution is 5.91. The zero-order valence-corrected chi connectivity index (χ0v) is 12.9. The molecular formula is C15H29N3O2. The van der Waals surface area contributed by atoms with Gasteiger partial charge < -0.3 is 16.0 Å². The minimum absolute atomic E-state index is 0.0624. The van der Waals surface area contributed by atoms with Crippen LogP contribution in [0.1, 0.15) is 44.9 Å². The second-order valence-corrected chi connectivity index (χ2v) is 6.03. The van der Waals surface area contributed by atoms with Crippen molar-refractivity contribution in [3.05, 3.63) is 0 Å². The van der Waals surface area contributed by atoms with Crippen LogP contribution in [0.5, 0.6) is 0 Å². The first kappa shape index (κ1) is 17.1. The Balaban J connectivity index is 2.51. The summed E-state index contributed by atoms with van der Waals surface area (Å²) < 4.78 is 0. The lowest BCUT2D eigenvalue weighted by Crippen LogP contribution is -2.46. The molecule has 0 aliphatic heterocycles. The van der Waals surface area contributed by atoms with Gasteiger partial charge in [-0.2, -0.15) is 0 Å². The van der Waals surface area contributed by atoms with E-state index in [0.717, 1.165) is 38.5 Å². The molecule has 1 aliphatic rings. The number of nitrogens with two attached hydrogens (primary N) is 1. The average Bonchev–Trinajstić information content (AvgIpc) is 2.90. The molecule has 0 radical (unpaired) electrons. The number of hydrogen-bond acceptors (Lipinski definition) is 4. The highest BCUT2D eigenvalue weighted by Crippen LogP contribution is 2.24. The van der Waals surface area contributed by atoms with E-state index in [9.17, 15) is 9.59 Å². The summed E-state index contributed by atoms with van der Waals surface area (Å²) in [7, 11) is 3.74. The van der Waals surface area contributed by atoms with Crippen LogP contribution in [0.4, 0.5) is 0 Å². The van der Waals surface area contributed by atoms with E-state index < -0.39 is 0 Å². The van der Waals surface area contributed by atoms with E-state index in [4.69, 9.17) is 5.73 Å². The molecule has 5 nitrogen and oxygen atoms in total. The van der Waals surface area contributed by atoms with Gasteiger partial charge in [-0.05, 0) is 52.7 Å². The predicted molar refractivity (Wildman–Crippen MR) is 80.4 cm³/mol. The van der Waals surface area contributed by atoms with Gasteiger partial charge in [0.05, 0.1) is 12.6 Å². The number of unbranched alkanes of at least 4 members (excludes halogenated alkanes) is 1. The highest BCUT2D eigenvalue weighted by Gasteiger charge is 2.27. The molecule has 0 spiro atoms. The van der Waals surface area contributed by atoms with Crippen LogP contribution in [0.25, 0.3) is 0 Å². The fourth-order valence-electron chi connectivity index (χ4n) is 2.71. The quantitative estimate of drug-likeness (QED) is 0.617. The van der Waals surface area contributed by atoms with E-state index in [1.165, 1.54) is 0 Å². The van der Waals surface area contributed by atoms with Crippen LogP contribution in [0.3, 0.4) is 0 Å². The molecule has 5 heteroatoms. The van der Waals surface area contributed by atoms with Crippen molar-refractivity contribution in [2.45, 2.75) is 51.0 Å². The minimum atomic E-state index is -0.350. The monoisotopic (exact) mass is 283 g/mol. The van der Waals surface area contributed by atoms with Gasteiger partial charge in [0.15, 0.2) is 5.78 Å². The topological polar surface area (TPSA) is 75.4 Å². The summed E-state index contributed by atoms with van der Waals surface area (Å²) in [6.45, 7) is 1.00. The zero-order valence-electron chi connectivity index (χ0n) is 12.9. The Labute approximate surface area is 122 Å². The SMILES string of the molecule is CN(C)CC(=O)[C@H](CCCCN)NC(=O)C1CCCC1. The van der Waals surface area contributed by atoms with Crippen LogP contribution < -0.4 is 11.1 Å². The standard InChI is InChI=1S/C15H29N3O2/c1-18(2)11-14(19)13(9-5-6-10-16)17-15(20)12-7-3-4-8-12/h12-13H,3-11,16H2,1-2H3,(H,17,20)/t13-/m0/s1. The fourth-order valence-corrected chi connectivity index (χ4v) is 2.71. The molecule has 0 unspecified atom stereocenters. The molecule has 20 heavy (non-hydrogen) atoms. The lowest BCUT2D eigenvalue weighted by Gasteiger charge is -2.21. The number of Topliss-reactive ketones (excluding diaryl/α,β-unsaturated/α-hetero) is 1. The molecular weight excluding hydrogens is 254 g/mol. The molecule has 1 saturated carbocycles. The molecule has 0 aromatic rings. The number of rotatable bonds is 9. The molecule has 1 fully saturated rings. The Bertz CT molecular complexity index is 312. The first-order valence-corrected chi connectivity index (χ1v) is 7.72. The molecule has 0 aromatic carbocycles. The van der Waals surface area contributed by atoms with Crippen molar-refractivity contribution >= 4 is 11.7 Å². The van der Waals surface area contributed by atoms with Gasteiger partial charge in [0.2, 0.25) is 5.91 Å². The molecule has 0 heterocycles. The van der Waals surface area contributed by atoms with Crippen molar-refractivity contribution in [1.82, 2.24) is 10.2 Å². The van der Waals surface area contributed by atoms with E-state index in [2.05, 4.69) is 5.32 Å². The van der Waals surface area contributed by atoms with Gasteiger partial charge in [0, 0.05) is 5.92 Å². The highest BCUT2D eigenvalue weighted by atomic mass is 16.2. The Hall–Kier alpha value is -0.940. The van der Waals surface area contributed by atoms with Crippen molar-refractivity contribution in [3.63, 3.8) is 0 Å². The second-order valence-electron chi connectivity index (χ2n) is 6.03. The van der Waals surface area contributed by atoms with Crippen molar-refractivity contribution in [3.8, 4) is 0 Å². The Morgan fingerprint density at radius 2 is 1.90 bits per heavy atom. The number of carbonyl (C=O) groups is 2. The van der Waals surface area contributed by atoms with Gasteiger partial charge in [-0.1, -0.05) is 12.8 Å². The Kier molecular flexibility index (Phi) is 7.77. The van der Waals surface area contributed by atoms with E-state index in [1.54, 1.807) is 0 Å². The average molecular weight is 283 g/mol. The van der Waals surface area contributed by atoms with E-state index >= 15 is 0 Å². The van der Waals surface area contributed by atoms with E-state index in [0.29, 0.717) is 19.5 Å². The van der Waals surface area contributed by atoms with Gasteiger partial charge in [-0.3, -0.25) is 9.59 Å². The normalized spacial score (nSPS) is 17.4. The smallest absolute Gasteiger partial charge is 0.223 e. The van der Waals surface area contributed by atoms with Gasteiger partial charge in [0.1, 0.15) is 0 Å². The Morgan fingerprint density at radius 3 is 2.45 bits per heavy atom. The summed E-state index contributed by atoms with van der Waals surface area (Å²) in [6, 6.07) is -0.350. The van der Waals surface area contributed by atoms with Gasteiger partial charge in [0.25, 0.3) is 0 Å². The number of likely N-dealkylation sites (N-methyl/N-ethyl adjacent to an activating group) is 1. The summed E-state index contributed by atoms with van der Waals surface area (Å²) in [6.07, 6.45) is 6.65. The number of ketones is 1. The molecule has 0 aromatic heterocycles. The molecule has 0 saturated heterocycles. The lowest BCUT2D eigenvalue weighted by atomic mass is 10.0. The minimum Gasteiger partial charge on any atom is -0.346 e. The third-order valence-electron chi connectivity index (χ3n) is 3.85. The Morgan fingerprint density at radius 1 is 1.25 bits per heavy atom. The summed E-state index contributed by atoms with van der Waals surface area (Å²) >= 11 is 0. The van der Waals surface area contributed by atoms with Crippen molar-refractivity contribution in [2.75, 3.05) is 27.2 Å². The van der Waals surface area contributed by atoms with Crippen LogP contribution in [-0.4, -0.2) is 49.8 Å². The number of hydrogen-bond donors (Lipinski definition) is 2. The molecule has 1 aliphatic carbocycles. The maximum Gasteiger partial charge on any atom is 0.223 e. The van der Waals surface area contributed by atoms with Crippen molar-refractivity contribution < 1.29 is 9.59 Å². The van der Waals surface area contributed by atoms with Gasteiger partial charge >= 0.3 is 0 Å². The third-order valence-corrected chi connectivity index (χ3v) is 3.85. The number of nitrogens with zero attached hydrogens (tertiary/aromatic N) is 1. The number of amides is 1. The van der Waals surface area contributed by atoms with Crippen molar-refractivity contribution in [2.24, 2.45) is 11.7 Å². The summed E-state index contributed by atoms with van der Waals surface area (Å²) in [4.78, 5) is 26.2. The maximum atomic E-state index is 12.2. The number of carbonyl (C=O) groups excluding carboxylic acids is 2. The van der Waals surface area contributed by atoms with Crippen LogP contribution in [-0.2, 0) is 9.59 Å². The summed E-state index contributed by atoms with van der Waals surface area (Å²) in [5.74, 6) is 0.268. The molecule has 1 atom stereocenters. The van der Waals surface area contributed by atoms with Crippen LogP contribution in [0.15, 0.2) is 0 Å². The van der Waals surface area contributed by atoms with Gasteiger partial charge in [-0.15, -0.1) is 0 Å². The molecule has 3 N–H and O–H groups in total. The number of nitrogens with one attached hydrogen (secondary N) is 1. The van der Waals surface area contributed by atoms with E-state index in [1.807, 2.05) is 19.0 Å². The second kappa shape index (κ2) is 9.08. The maximum absolute atomic E-state index is 12.2. The first-order valence-electron chi connectivity index (χ1n) is 7.72. The van der Waals surface area contributed by atoms with Crippen LogP contribution in [0.2, 0.25) is 0 Å². The third kappa shape index (κ3) is 6.01.